The lowest BCUT2D eigenvalue weighted by atomic mass is 10.1. The van der Waals surface area contributed by atoms with Crippen molar-refractivity contribution in [3.05, 3.63) is 63.2 Å². The Labute approximate surface area is 160 Å². The van der Waals surface area contributed by atoms with Gasteiger partial charge < -0.3 is 4.57 Å². The predicted molar refractivity (Wildman–Crippen MR) is 103 cm³/mol. The fourth-order valence-electron chi connectivity index (χ4n) is 3.40. The molecule has 3 nitrogen and oxygen atoms in total. The highest BCUT2D eigenvalue weighted by molar-refractivity contribution is 7.11. The Hall–Kier alpha value is -2.78. The van der Waals surface area contributed by atoms with E-state index in [9.17, 15) is 14.0 Å². The highest BCUT2D eigenvalue weighted by Crippen LogP contribution is 2.39. The molecule has 0 atom stereocenters. The van der Waals surface area contributed by atoms with E-state index < -0.39 is 11.6 Å². The van der Waals surface area contributed by atoms with Crippen LogP contribution in [0.3, 0.4) is 0 Å². The van der Waals surface area contributed by atoms with E-state index in [-0.39, 0.29) is 11.3 Å². The molecule has 0 N–H and O–H groups in total. The molecule has 0 bridgehead atoms. The Bertz CT molecular complexity index is 1080. The van der Waals surface area contributed by atoms with E-state index in [1.807, 2.05) is 13.0 Å². The summed E-state index contributed by atoms with van der Waals surface area (Å²) in [7, 11) is 0. The summed E-state index contributed by atoms with van der Waals surface area (Å²) in [6, 6.07) is 8.52. The molecule has 1 aliphatic rings. The Morgan fingerprint density at radius 2 is 2.00 bits per heavy atom. The minimum Gasteiger partial charge on any atom is -0.346 e. The van der Waals surface area contributed by atoms with Crippen LogP contribution in [0.4, 0.5) is 8.78 Å². The molecule has 2 heterocycles. The van der Waals surface area contributed by atoms with Gasteiger partial charge in [-0.3, -0.25) is 0 Å². The number of aryl methyl sites for hydroxylation is 1. The molecule has 1 fully saturated rings. The van der Waals surface area contributed by atoms with Crippen LogP contribution >= 0.6 is 11.3 Å². The smallest absolute Gasteiger partial charge is 0.135 e. The zero-order chi connectivity index (χ0) is 19.1. The van der Waals surface area contributed by atoms with E-state index >= 15 is 0 Å². The van der Waals surface area contributed by atoms with Crippen LogP contribution in [-0.4, -0.2) is 9.55 Å². The van der Waals surface area contributed by atoms with Gasteiger partial charge in [-0.2, -0.15) is 5.26 Å². The fourth-order valence-corrected chi connectivity index (χ4v) is 4.17. The van der Waals surface area contributed by atoms with Gasteiger partial charge in [0.15, 0.2) is 0 Å². The standard InChI is InChI=1S/C21H17F2N3S/c1-12-8-14(13(2)26(12)16-6-7-16)9-15(10-24)21-25-19(11-27-21)20-17(22)4-3-5-18(20)23/h3-5,8-9,11,16H,6-7H2,1-2H3/b15-9+. The van der Waals surface area contributed by atoms with Crippen LogP contribution in [0.25, 0.3) is 22.9 Å². The van der Waals surface area contributed by atoms with Crippen LogP contribution in [0.2, 0.25) is 0 Å². The van der Waals surface area contributed by atoms with E-state index in [1.165, 1.54) is 48.1 Å². The van der Waals surface area contributed by atoms with Gasteiger partial charge in [0.1, 0.15) is 22.7 Å². The maximum Gasteiger partial charge on any atom is 0.135 e. The van der Waals surface area contributed by atoms with Crippen molar-refractivity contribution in [2.75, 3.05) is 0 Å². The van der Waals surface area contributed by atoms with Gasteiger partial charge in [-0.1, -0.05) is 6.07 Å². The first kappa shape index (κ1) is 17.6. The van der Waals surface area contributed by atoms with Gasteiger partial charge in [0, 0.05) is 22.8 Å². The lowest BCUT2D eigenvalue weighted by Gasteiger charge is -2.06. The summed E-state index contributed by atoms with van der Waals surface area (Å²) in [6.45, 7) is 4.12. The molecule has 1 aliphatic carbocycles. The number of thiazole rings is 1. The summed E-state index contributed by atoms with van der Waals surface area (Å²) < 4.78 is 30.3. The van der Waals surface area contributed by atoms with Gasteiger partial charge in [0.25, 0.3) is 0 Å². The number of halogens is 2. The minimum absolute atomic E-state index is 0.163. The van der Waals surface area contributed by atoms with Crippen molar-refractivity contribution >= 4 is 23.0 Å². The number of hydrogen-bond donors (Lipinski definition) is 0. The van der Waals surface area contributed by atoms with Gasteiger partial charge in [-0.05, 0) is 56.5 Å². The van der Waals surface area contributed by atoms with Crippen molar-refractivity contribution < 1.29 is 8.78 Å². The van der Waals surface area contributed by atoms with Gasteiger partial charge in [-0.15, -0.1) is 11.3 Å². The molecule has 27 heavy (non-hydrogen) atoms. The SMILES string of the molecule is Cc1cc(/C=C(\C#N)c2nc(-c3c(F)cccc3F)cs2)c(C)n1C1CC1. The van der Waals surface area contributed by atoms with E-state index in [0.717, 1.165) is 11.3 Å². The summed E-state index contributed by atoms with van der Waals surface area (Å²) in [6.07, 6.45) is 4.19. The normalized spacial score (nSPS) is 14.4. The van der Waals surface area contributed by atoms with E-state index in [0.29, 0.717) is 16.6 Å². The molecule has 0 saturated heterocycles. The lowest BCUT2D eigenvalue weighted by molar-refractivity contribution is 0.589. The molecule has 6 heteroatoms. The number of nitriles is 1. The Balaban J connectivity index is 1.73. The van der Waals surface area contributed by atoms with Crippen molar-refractivity contribution in [2.45, 2.75) is 32.7 Å². The van der Waals surface area contributed by atoms with E-state index in [4.69, 9.17) is 0 Å². The van der Waals surface area contributed by atoms with Crippen molar-refractivity contribution in [1.82, 2.24) is 9.55 Å². The summed E-state index contributed by atoms with van der Waals surface area (Å²) >= 11 is 1.21. The second-order valence-electron chi connectivity index (χ2n) is 6.73. The number of hydrogen-bond acceptors (Lipinski definition) is 3. The molecule has 0 radical (unpaired) electrons. The fraction of sp³-hybridized carbons (Fsp3) is 0.238. The first-order valence-corrected chi connectivity index (χ1v) is 9.58. The van der Waals surface area contributed by atoms with Gasteiger partial charge >= 0.3 is 0 Å². The summed E-state index contributed by atoms with van der Waals surface area (Å²) in [4.78, 5) is 4.32. The van der Waals surface area contributed by atoms with Crippen LogP contribution in [0.5, 0.6) is 0 Å². The average molecular weight is 381 g/mol. The molecule has 0 aliphatic heterocycles. The largest absolute Gasteiger partial charge is 0.346 e. The molecule has 0 spiro atoms. The van der Waals surface area contributed by atoms with Gasteiger partial charge in [-0.25, -0.2) is 13.8 Å². The molecule has 2 aromatic heterocycles. The first-order valence-electron chi connectivity index (χ1n) is 8.70. The third-order valence-corrected chi connectivity index (χ3v) is 5.68. The molecular formula is C21H17F2N3S. The lowest BCUT2D eigenvalue weighted by Crippen LogP contribution is -1.98. The zero-order valence-corrected chi connectivity index (χ0v) is 15.8. The second-order valence-corrected chi connectivity index (χ2v) is 7.59. The number of nitrogens with zero attached hydrogens (tertiary/aromatic N) is 3. The van der Waals surface area contributed by atoms with Crippen LogP contribution in [-0.2, 0) is 0 Å². The van der Waals surface area contributed by atoms with Crippen LogP contribution < -0.4 is 0 Å². The monoisotopic (exact) mass is 381 g/mol. The van der Waals surface area contributed by atoms with Crippen molar-refractivity contribution in [1.29, 1.82) is 5.26 Å². The Morgan fingerprint density at radius 3 is 2.63 bits per heavy atom. The zero-order valence-electron chi connectivity index (χ0n) is 15.0. The molecule has 0 amide bonds. The molecule has 136 valence electrons. The highest BCUT2D eigenvalue weighted by atomic mass is 32.1. The Morgan fingerprint density at radius 1 is 1.30 bits per heavy atom. The van der Waals surface area contributed by atoms with E-state index in [2.05, 4.69) is 28.6 Å². The number of allylic oxidation sites excluding steroid dienone is 1. The van der Waals surface area contributed by atoms with Gasteiger partial charge in [0.05, 0.1) is 16.8 Å². The van der Waals surface area contributed by atoms with Crippen LogP contribution in [0.1, 0.15) is 40.8 Å². The number of rotatable bonds is 4. The molecule has 4 rings (SSSR count). The predicted octanol–water partition coefficient (Wildman–Crippen LogP) is 5.91. The van der Waals surface area contributed by atoms with Crippen molar-refractivity contribution in [3.8, 4) is 17.3 Å². The summed E-state index contributed by atoms with van der Waals surface area (Å²) in [5, 5.41) is 11.6. The third-order valence-electron chi connectivity index (χ3n) is 4.81. The molecule has 1 saturated carbocycles. The minimum atomic E-state index is -0.665. The van der Waals surface area contributed by atoms with Crippen molar-refractivity contribution in [3.63, 3.8) is 0 Å². The molecule has 0 unspecified atom stereocenters. The summed E-state index contributed by atoms with van der Waals surface area (Å²) in [5.41, 5.74) is 3.70. The molecule has 1 aromatic carbocycles. The van der Waals surface area contributed by atoms with Crippen LogP contribution in [0, 0.1) is 36.8 Å². The first-order chi connectivity index (χ1) is 13.0. The topological polar surface area (TPSA) is 41.6 Å². The molecule has 3 aromatic rings. The molecular weight excluding hydrogens is 364 g/mol. The summed E-state index contributed by atoms with van der Waals surface area (Å²) in [5.74, 6) is -1.33. The second kappa shape index (κ2) is 6.75. The number of benzene rings is 1. The van der Waals surface area contributed by atoms with Gasteiger partial charge in [0.2, 0.25) is 0 Å². The Kier molecular flexibility index (Phi) is 4.40. The van der Waals surface area contributed by atoms with Crippen molar-refractivity contribution in [2.24, 2.45) is 0 Å². The third kappa shape index (κ3) is 3.19. The van der Waals surface area contributed by atoms with E-state index in [1.54, 1.807) is 5.38 Å². The number of aromatic nitrogens is 2. The van der Waals surface area contributed by atoms with Crippen LogP contribution in [0.15, 0.2) is 29.6 Å². The maximum absolute atomic E-state index is 14.0. The quantitative estimate of drug-likeness (QED) is 0.528. The highest BCUT2D eigenvalue weighted by Gasteiger charge is 2.26. The average Bonchev–Trinajstić information content (AvgIpc) is 3.27. The maximum atomic E-state index is 14.0.